The fraction of sp³-hybridized carbons (Fsp3) is 0.333. The third-order valence-corrected chi connectivity index (χ3v) is 5.12. The number of thioether (sulfide) groups is 1. The smallest absolute Gasteiger partial charge is 0.303 e. The molecule has 27 heavy (non-hydrogen) atoms. The molecule has 2 amide bonds. The maximum Gasteiger partial charge on any atom is 0.303 e. The molecule has 1 fully saturated rings. The lowest BCUT2D eigenvalue weighted by atomic mass is 10.2. The van der Waals surface area contributed by atoms with Gasteiger partial charge >= 0.3 is 5.97 Å². The van der Waals surface area contributed by atoms with Crippen molar-refractivity contribution in [3.8, 4) is 0 Å². The van der Waals surface area contributed by atoms with E-state index in [4.69, 9.17) is 17.3 Å². The van der Waals surface area contributed by atoms with E-state index in [1.54, 1.807) is 18.2 Å². The number of aliphatic carboxylic acids is 1. The van der Waals surface area contributed by atoms with Gasteiger partial charge in [0, 0.05) is 31.5 Å². The number of carboxylic acids is 1. The minimum atomic E-state index is -0.901. The molecule has 2 N–H and O–H groups in total. The number of hydrogen-bond donors (Lipinski definition) is 2. The van der Waals surface area contributed by atoms with E-state index in [-0.39, 0.29) is 24.7 Å². The summed E-state index contributed by atoms with van der Waals surface area (Å²) in [7, 11) is 0. The molecule has 0 saturated carbocycles. The largest absolute Gasteiger partial charge is 0.481 e. The second-order valence-corrected chi connectivity index (χ2v) is 7.48. The van der Waals surface area contributed by atoms with Crippen molar-refractivity contribution >= 4 is 52.2 Å². The molecule has 1 aliphatic heterocycles. The number of thiocarbonyl (C=S) groups is 1. The topological polar surface area (TPSA) is 86.7 Å². The van der Waals surface area contributed by atoms with Crippen molar-refractivity contribution in [2.45, 2.75) is 25.7 Å². The summed E-state index contributed by atoms with van der Waals surface area (Å²) >= 11 is 6.32. The van der Waals surface area contributed by atoms with Crippen molar-refractivity contribution in [1.82, 2.24) is 10.2 Å². The van der Waals surface area contributed by atoms with Gasteiger partial charge in [-0.1, -0.05) is 42.2 Å². The Kier molecular flexibility index (Phi) is 7.93. The molecule has 144 valence electrons. The monoisotopic (exact) mass is 410 g/mol. The van der Waals surface area contributed by atoms with Gasteiger partial charge in [-0.25, -0.2) is 4.39 Å². The van der Waals surface area contributed by atoms with Crippen LogP contribution in [0.3, 0.4) is 0 Å². The molecule has 6 nitrogen and oxygen atoms in total. The lowest BCUT2D eigenvalue weighted by molar-refractivity contribution is -0.137. The fourth-order valence-electron chi connectivity index (χ4n) is 2.38. The van der Waals surface area contributed by atoms with Crippen LogP contribution in [0.1, 0.15) is 31.2 Å². The maximum atomic E-state index is 13.7. The highest BCUT2D eigenvalue weighted by Gasteiger charge is 2.31. The maximum absolute atomic E-state index is 13.7. The van der Waals surface area contributed by atoms with E-state index in [1.807, 2.05) is 0 Å². The Morgan fingerprint density at radius 3 is 2.70 bits per heavy atom. The van der Waals surface area contributed by atoms with Gasteiger partial charge in [0.15, 0.2) is 0 Å². The molecule has 0 bridgehead atoms. The molecule has 1 aromatic rings. The van der Waals surface area contributed by atoms with Gasteiger partial charge < -0.3 is 10.4 Å². The van der Waals surface area contributed by atoms with E-state index < -0.39 is 11.8 Å². The highest BCUT2D eigenvalue weighted by Crippen LogP contribution is 2.33. The molecule has 0 unspecified atom stereocenters. The van der Waals surface area contributed by atoms with Crippen LogP contribution < -0.4 is 5.32 Å². The van der Waals surface area contributed by atoms with Crippen LogP contribution in [0.4, 0.5) is 4.39 Å². The SMILES string of the molecule is O=C(O)CCCNC(=O)CCCN1C(=O)/C(=C/c2ccccc2F)SC1=S. The van der Waals surface area contributed by atoms with Gasteiger partial charge in [-0.15, -0.1) is 0 Å². The molecule has 0 aromatic heterocycles. The first-order valence-corrected chi connectivity index (χ1v) is 9.59. The first-order chi connectivity index (χ1) is 12.9. The predicted octanol–water partition coefficient (Wildman–Crippen LogP) is 2.79. The quantitative estimate of drug-likeness (QED) is 0.370. The average Bonchev–Trinajstić information content (AvgIpc) is 2.88. The highest BCUT2D eigenvalue weighted by molar-refractivity contribution is 8.26. The summed E-state index contributed by atoms with van der Waals surface area (Å²) < 4.78 is 14.1. The summed E-state index contributed by atoms with van der Waals surface area (Å²) in [5.41, 5.74) is 0.318. The predicted molar refractivity (Wildman–Crippen MR) is 105 cm³/mol. The van der Waals surface area contributed by atoms with Crippen molar-refractivity contribution < 1.29 is 23.9 Å². The summed E-state index contributed by atoms with van der Waals surface area (Å²) in [4.78, 5) is 36.3. The van der Waals surface area contributed by atoms with Crippen LogP contribution in [0, 0.1) is 5.82 Å². The minimum Gasteiger partial charge on any atom is -0.481 e. The van der Waals surface area contributed by atoms with Crippen LogP contribution in [0.25, 0.3) is 6.08 Å². The van der Waals surface area contributed by atoms with Gasteiger partial charge in [-0.2, -0.15) is 0 Å². The molecule has 1 aromatic carbocycles. The molecule has 2 rings (SSSR count). The normalized spacial score (nSPS) is 15.4. The van der Waals surface area contributed by atoms with E-state index in [9.17, 15) is 18.8 Å². The summed E-state index contributed by atoms with van der Waals surface area (Å²) in [6, 6.07) is 6.16. The van der Waals surface area contributed by atoms with Crippen LogP contribution >= 0.6 is 24.0 Å². The minimum absolute atomic E-state index is 0.00513. The Hall–Kier alpha value is -2.26. The molecular weight excluding hydrogens is 391 g/mol. The number of benzene rings is 1. The fourth-order valence-corrected chi connectivity index (χ4v) is 3.68. The van der Waals surface area contributed by atoms with Gasteiger partial charge in [0.1, 0.15) is 10.1 Å². The van der Waals surface area contributed by atoms with Crippen LogP contribution in [0.2, 0.25) is 0 Å². The van der Waals surface area contributed by atoms with E-state index in [1.165, 1.54) is 17.0 Å². The first-order valence-electron chi connectivity index (χ1n) is 8.37. The average molecular weight is 410 g/mol. The number of halogens is 1. The highest BCUT2D eigenvalue weighted by atomic mass is 32.2. The zero-order valence-corrected chi connectivity index (χ0v) is 16.1. The van der Waals surface area contributed by atoms with Gasteiger partial charge in [0.25, 0.3) is 5.91 Å². The number of carboxylic acid groups (broad SMARTS) is 1. The molecule has 0 spiro atoms. The summed E-state index contributed by atoms with van der Waals surface area (Å²) in [5, 5.41) is 11.2. The van der Waals surface area contributed by atoms with Crippen LogP contribution in [0.5, 0.6) is 0 Å². The second kappa shape index (κ2) is 10.2. The van der Waals surface area contributed by atoms with Gasteiger partial charge in [-0.05, 0) is 25.0 Å². The Morgan fingerprint density at radius 2 is 2.00 bits per heavy atom. The molecule has 0 atom stereocenters. The Labute approximate surface area is 165 Å². The summed E-state index contributed by atoms with van der Waals surface area (Å²) in [5.74, 6) is -1.81. The molecular formula is C18H19FN2O4S2. The zero-order valence-electron chi connectivity index (χ0n) is 14.4. The third kappa shape index (κ3) is 6.44. The number of nitrogens with zero attached hydrogens (tertiary/aromatic N) is 1. The molecule has 9 heteroatoms. The van der Waals surface area contributed by atoms with Crippen molar-refractivity contribution in [2.24, 2.45) is 0 Å². The summed E-state index contributed by atoms with van der Waals surface area (Å²) in [6.07, 6.45) is 2.48. The molecule has 0 radical (unpaired) electrons. The molecule has 1 heterocycles. The van der Waals surface area contributed by atoms with E-state index in [0.717, 1.165) is 11.8 Å². The van der Waals surface area contributed by atoms with Gasteiger partial charge in [0.05, 0.1) is 4.91 Å². The standard InChI is InChI=1S/C18H19FN2O4S2/c19-13-6-2-1-5-12(13)11-14-17(25)21(18(26)27-14)10-4-7-15(22)20-9-3-8-16(23)24/h1-2,5-6,11H,3-4,7-10H2,(H,20,22)(H,23,24)/b14-11-. The Morgan fingerprint density at radius 1 is 1.26 bits per heavy atom. The molecule has 1 aliphatic rings. The first kappa shape index (κ1) is 21.0. The van der Waals surface area contributed by atoms with Crippen LogP contribution in [0.15, 0.2) is 29.2 Å². The zero-order chi connectivity index (χ0) is 19.8. The van der Waals surface area contributed by atoms with Gasteiger partial charge in [-0.3, -0.25) is 19.3 Å². The Balaban J connectivity index is 1.81. The number of rotatable bonds is 9. The Bertz CT molecular complexity index is 782. The van der Waals surface area contributed by atoms with Crippen molar-refractivity contribution in [1.29, 1.82) is 0 Å². The van der Waals surface area contributed by atoms with E-state index in [2.05, 4.69) is 5.32 Å². The van der Waals surface area contributed by atoms with E-state index >= 15 is 0 Å². The summed E-state index contributed by atoms with van der Waals surface area (Å²) in [6.45, 7) is 0.597. The van der Waals surface area contributed by atoms with Crippen molar-refractivity contribution in [3.63, 3.8) is 0 Å². The van der Waals surface area contributed by atoms with Crippen molar-refractivity contribution in [2.75, 3.05) is 13.1 Å². The molecule has 0 aliphatic carbocycles. The van der Waals surface area contributed by atoms with Crippen LogP contribution in [-0.2, 0) is 14.4 Å². The lowest BCUT2D eigenvalue weighted by Crippen LogP contribution is -2.31. The second-order valence-electron chi connectivity index (χ2n) is 5.81. The number of hydrogen-bond acceptors (Lipinski definition) is 5. The lowest BCUT2D eigenvalue weighted by Gasteiger charge is -2.14. The van der Waals surface area contributed by atoms with Gasteiger partial charge in [0.2, 0.25) is 5.91 Å². The number of amides is 2. The number of carbonyl (C=O) groups is 3. The number of carbonyl (C=O) groups excluding carboxylic acids is 2. The third-order valence-electron chi connectivity index (χ3n) is 3.74. The van der Waals surface area contributed by atoms with E-state index in [0.29, 0.717) is 40.7 Å². The molecule has 1 saturated heterocycles. The van der Waals surface area contributed by atoms with Crippen LogP contribution in [-0.4, -0.2) is 45.2 Å². The number of nitrogens with one attached hydrogen (secondary N) is 1. The van der Waals surface area contributed by atoms with Crippen molar-refractivity contribution in [3.05, 3.63) is 40.6 Å².